The number of nitrogens with zero attached hydrogens (tertiary/aromatic N) is 5. The molecule has 2 aromatic heterocycles. The van der Waals surface area contributed by atoms with E-state index in [9.17, 15) is 5.11 Å². The molecular weight excluding hydrogens is 310 g/mol. The van der Waals surface area contributed by atoms with Crippen molar-refractivity contribution in [3.05, 3.63) is 34.3 Å². The summed E-state index contributed by atoms with van der Waals surface area (Å²) >= 11 is 3.45. The SMILES string of the molecule is CN(C)CCn1ncc(Br)c1C(O)c1ccnn1C. The predicted molar refractivity (Wildman–Crippen MR) is 75.8 cm³/mol. The first-order valence-corrected chi connectivity index (χ1v) is 6.82. The van der Waals surface area contributed by atoms with Crippen LogP contribution in [0.5, 0.6) is 0 Å². The molecule has 0 spiro atoms. The van der Waals surface area contributed by atoms with Crippen LogP contribution in [0.1, 0.15) is 17.5 Å². The second-order valence-corrected chi connectivity index (χ2v) is 5.54. The molecule has 1 atom stereocenters. The molecule has 2 aromatic rings. The Labute approximate surface area is 120 Å². The number of aliphatic hydroxyl groups is 1. The van der Waals surface area contributed by atoms with Crippen molar-refractivity contribution in [2.45, 2.75) is 12.6 Å². The second-order valence-electron chi connectivity index (χ2n) is 4.69. The smallest absolute Gasteiger partial charge is 0.138 e. The van der Waals surface area contributed by atoms with Crippen LogP contribution >= 0.6 is 15.9 Å². The number of aryl methyl sites for hydroxylation is 1. The first-order valence-electron chi connectivity index (χ1n) is 6.02. The van der Waals surface area contributed by atoms with Crippen molar-refractivity contribution < 1.29 is 5.11 Å². The van der Waals surface area contributed by atoms with Crippen LogP contribution in [0.15, 0.2) is 22.9 Å². The van der Waals surface area contributed by atoms with E-state index in [2.05, 4.69) is 31.0 Å². The minimum Gasteiger partial charge on any atom is -0.380 e. The molecule has 2 rings (SSSR count). The predicted octanol–water partition coefficient (Wildman–Crippen LogP) is 1.02. The molecule has 104 valence electrons. The van der Waals surface area contributed by atoms with Crippen LogP contribution in [0, 0.1) is 0 Å². The van der Waals surface area contributed by atoms with Gasteiger partial charge in [0.05, 0.1) is 28.6 Å². The number of likely N-dealkylation sites (N-methyl/N-ethyl adjacent to an activating group) is 1. The van der Waals surface area contributed by atoms with E-state index in [1.54, 1.807) is 23.1 Å². The van der Waals surface area contributed by atoms with Gasteiger partial charge in [0.1, 0.15) is 6.10 Å². The summed E-state index contributed by atoms with van der Waals surface area (Å²) in [6.07, 6.45) is 2.64. The third kappa shape index (κ3) is 3.05. The Hall–Kier alpha value is -1.18. The van der Waals surface area contributed by atoms with Crippen molar-refractivity contribution in [1.29, 1.82) is 0 Å². The molecule has 7 heteroatoms. The van der Waals surface area contributed by atoms with Crippen molar-refractivity contribution in [2.24, 2.45) is 7.05 Å². The number of aromatic nitrogens is 4. The van der Waals surface area contributed by atoms with Gasteiger partial charge in [-0.3, -0.25) is 9.36 Å². The van der Waals surface area contributed by atoms with Crippen molar-refractivity contribution in [3.63, 3.8) is 0 Å². The molecule has 0 radical (unpaired) electrons. The van der Waals surface area contributed by atoms with E-state index in [4.69, 9.17) is 0 Å². The summed E-state index contributed by atoms with van der Waals surface area (Å²) in [6.45, 7) is 1.59. The van der Waals surface area contributed by atoms with Gasteiger partial charge >= 0.3 is 0 Å². The Kier molecular flexibility index (Phi) is 4.38. The van der Waals surface area contributed by atoms with Gasteiger partial charge in [-0.1, -0.05) is 0 Å². The van der Waals surface area contributed by atoms with E-state index in [0.717, 1.165) is 29.0 Å². The molecular formula is C12H18BrN5O. The monoisotopic (exact) mass is 327 g/mol. The van der Waals surface area contributed by atoms with E-state index in [1.807, 2.05) is 25.8 Å². The molecule has 1 N–H and O–H groups in total. The van der Waals surface area contributed by atoms with E-state index >= 15 is 0 Å². The maximum absolute atomic E-state index is 10.5. The van der Waals surface area contributed by atoms with Crippen LogP contribution in [0.2, 0.25) is 0 Å². The Bertz CT molecular complexity index is 548. The largest absolute Gasteiger partial charge is 0.380 e. The Morgan fingerprint density at radius 1 is 1.42 bits per heavy atom. The molecule has 0 amide bonds. The summed E-state index contributed by atoms with van der Waals surface area (Å²) in [5.74, 6) is 0. The van der Waals surface area contributed by atoms with Crippen molar-refractivity contribution in [2.75, 3.05) is 20.6 Å². The fourth-order valence-corrected chi connectivity index (χ4v) is 2.42. The van der Waals surface area contributed by atoms with E-state index in [0.29, 0.717) is 0 Å². The number of hydrogen-bond donors (Lipinski definition) is 1. The third-order valence-electron chi connectivity index (χ3n) is 2.99. The van der Waals surface area contributed by atoms with Crippen molar-refractivity contribution >= 4 is 15.9 Å². The third-order valence-corrected chi connectivity index (χ3v) is 3.60. The lowest BCUT2D eigenvalue weighted by Crippen LogP contribution is -2.21. The summed E-state index contributed by atoms with van der Waals surface area (Å²) in [4.78, 5) is 2.08. The molecule has 0 fully saturated rings. The summed E-state index contributed by atoms with van der Waals surface area (Å²) in [7, 11) is 5.83. The van der Waals surface area contributed by atoms with Gasteiger partial charge < -0.3 is 10.0 Å². The van der Waals surface area contributed by atoms with Crippen molar-refractivity contribution in [1.82, 2.24) is 24.5 Å². The van der Waals surface area contributed by atoms with Crippen molar-refractivity contribution in [3.8, 4) is 0 Å². The van der Waals surface area contributed by atoms with Gasteiger partial charge in [-0.25, -0.2) is 0 Å². The Balaban J connectivity index is 2.28. The molecule has 0 bridgehead atoms. The fourth-order valence-electron chi connectivity index (χ4n) is 1.91. The fraction of sp³-hybridized carbons (Fsp3) is 0.500. The summed E-state index contributed by atoms with van der Waals surface area (Å²) < 4.78 is 4.29. The average Bonchev–Trinajstić information content (AvgIpc) is 2.92. The van der Waals surface area contributed by atoms with Crippen LogP contribution in [0.4, 0.5) is 0 Å². The molecule has 19 heavy (non-hydrogen) atoms. The molecule has 0 aliphatic heterocycles. The Morgan fingerprint density at radius 3 is 2.74 bits per heavy atom. The molecule has 0 aliphatic rings. The van der Waals surface area contributed by atoms with Gasteiger partial charge in [0.25, 0.3) is 0 Å². The summed E-state index contributed by atoms with van der Waals surface area (Å²) in [5.41, 5.74) is 1.50. The molecule has 0 aliphatic carbocycles. The summed E-state index contributed by atoms with van der Waals surface area (Å²) in [5, 5.41) is 18.9. The van der Waals surface area contributed by atoms with Crippen LogP contribution in [-0.2, 0) is 13.6 Å². The normalized spacial score (nSPS) is 13.2. The molecule has 6 nitrogen and oxygen atoms in total. The minimum atomic E-state index is -0.744. The highest BCUT2D eigenvalue weighted by molar-refractivity contribution is 9.10. The van der Waals surface area contributed by atoms with Gasteiger partial charge in [-0.05, 0) is 36.1 Å². The number of rotatable bonds is 5. The van der Waals surface area contributed by atoms with E-state index in [1.165, 1.54) is 0 Å². The van der Waals surface area contributed by atoms with E-state index in [-0.39, 0.29) is 0 Å². The number of hydrogen-bond acceptors (Lipinski definition) is 4. The van der Waals surface area contributed by atoms with Crippen LogP contribution in [0.3, 0.4) is 0 Å². The van der Waals surface area contributed by atoms with Gasteiger partial charge in [0.15, 0.2) is 0 Å². The zero-order chi connectivity index (χ0) is 14.0. The maximum Gasteiger partial charge on any atom is 0.138 e. The highest BCUT2D eigenvalue weighted by atomic mass is 79.9. The van der Waals surface area contributed by atoms with Crippen LogP contribution in [-0.4, -0.2) is 50.2 Å². The van der Waals surface area contributed by atoms with Gasteiger partial charge in [-0.2, -0.15) is 10.2 Å². The zero-order valence-electron chi connectivity index (χ0n) is 11.3. The molecule has 0 saturated heterocycles. The lowest BCUT2D eigenvalue weighted by molar-refractivity contribution is 0.195. The molecule has 0 aromatic carbocycles. The Morgan fingerprint density at radius 2 is 2.16 bits per heavy atom. The molecule has 2 heterocycles. The number of halogens is 1. The summed E-state index contributed by atoms with van der Waals surface area (Å²) in [6, 6.07) is 1.81. The first-order chi connectivity index (χ1) is 9.00. The lowest BCUT2D eigenvalue weighted by Gasteiger charge is -2.16. The standard InChI is InChI=1S/C12H18BrN5O/c1-16(2)6-7-18-11(9(13)8-15-18)12(19)10-4-5-14-17(10)3/h4-5,8,12,19H,6-7H2,1-3H3. The van der Waals surface area contributed by atoms with E-state index < -0.39 is 6.10 Å². The van der Waals surface area contributed by atoms with Gasteiger partial charge in [0, 0.05) is 19.8 Å². The highest BCUT2D eigenvalue weighted by Gasteiger charge is 2.21. The van der Waals surface area contributed by atoms with Crippen LogP contribution < -0.4 is 0 Å². The zero-order valence-corrected chi connectivity index (χ0v) is 12.9. The van der Waals surface area contributed by atoms with Crippen LogP contribution in [0.25, 0.3) is 0 Å². The van der Waals surface area contributed by atoms with Gasteiger partial charge in [0.2, 0.25) is 0 Å². The lowest BCUT2D eigenvalue weighted by atomic mass is 10.2. The highest BCUT2D eigenvalue weighted by Crippen LogP contribution is 2.28. The quantitative estimate of drug-likeness (QED) is 0.890. The maximum atomic E-state index is 10.5. The first kappa shape index (κ1) is 14.2. The number of aliphatic hydroxyl groups excluding tert-OH is 1. The molecule has 0 saturated carbocycles. The topological polar surface area (TPSA) is 59.1 Å². The average molecular weight is 328 g/mol. The van der Waals surface area contributed by atoms with Gasteiger partial charge in [-0.15, -0.1) is 0 Å². The minimum absolute atomic E-state index is 0.725. The molecule has 1 unspecified atom stereocenters. The second kappa shape index (κ2) is 5.85.